The van der Waals surface area contributed by atoms with Crippen molar-refractivity contribution in [3.05, 3.63) is 64.2 Å². The Hall–Kier alpha value is -2.80. The van der Waals surface area contributed by atoms with E-state index in [2.05, 4.69) is 4.98 Å². The summed E-state index contributed by atoms with van der Waals surface area (Å²) in [4.78, 5) is 17.3. The summed E-state index contributed by atoms with van der Waals surface area (Å²) in [6.07, 6.45) is 0.265. The Morgan fingerprint density at radius 1 is 1.21 bits per heavy atom. The summed E-state index contributed by atoms with van der Waals surface area (Å²) in [7, 11) is 1.48. The molecular weight excluding hydrogens is 316 g/mol. The molecule has 0 unspecified atom stereocenters. The number of nitrogens with two attached hydrogens (primary N) is 1. The average Bonchev–Trinajstić information content (AvgIpc) is 2.54. The summed E-state index contributed by atoms with van der Waals surface area (Å²) in [5, 5.41) is 0.291. The third-order valence-electron chi connectivity index (χ3n) is 3.62. The number of nitrogens with zero attached hydrogens (tertiary/aromatic N) is 2. The predicted octanol–water partition coefficient (Wildman–Crippen LogP) is 2.17. The number of methoxy groups -OCH3 is 1. The van der Waals surface area contributed by atoms with E-state index in [1.807, 2.05) is 0 Å². The summed E-state index contributed by atoms with van der Waals surface area (Å²) in [6.45, 7) is 0.227. The Balaban J connectivity index is 2.40. The fraction of sp³-hybridized carbons (Fsp3) is 0.176. The van der Waals surface area contributed by atoms with E-state index >= 15 is 0 Å². The third kappa shape index (κ3) is 2.74. The van der Waals surface area contributed by atoms with Crippen LogP contribution in [0.3, 0.4) is 0 Å². The number of benzene rings is 2. The first-order valence-electron chi connectivity index (χ1n) is 7.30. The van der Waals surface area contributed by atoms with Crippen molar-refractivity contribution in [2.24, 2.45) is 5.73 Å². The van der Waals surface area contributed by atoms with Crippen molar-refractivity contribution in [2.45, 2.75) is 6.42 Å². The lowest BCUT2D eigenvalue weighted by atomic mass is 10.2. The number of fused-ring (bicyclic) bond motifs is 1. The molecule has 3 aromatic rings. The van der Waals surface area contributed by atoms with Gasteiger partial charge < -0.3 is 10.5 Å². The number of ether oxygens (including phenoxy) is 1. The van der Waals surface area contributed by atoms with E-state index in [1.54, 1.807) is 18.2 Å². The summed E-state index contributed by atoms with van der Waals surface area (Å²) in [6, 6.07) is 7.84. The lowest BCUT2D eigenvalue weighted by molar-refractivity contribution is 0.418. The largest absolute Gasteiger partial charge is 0.494 e. The van der Waals surface area contributed by atoms with Gasteiger partial charge in [-0.05, 0) is 30.8 Å². The second-order valence-corrected chi connectivity index (χ2v) is 5.19. The Labute approximate surface area is 136 Å². The zero-order valence-electron chi connectivity index (χ0n) is 12.9. The monoisotopic (exact) mass is 331 g/mol. The van der Waals surface area contributed by atoms with Crippen molar-refractivity contribution < 1.29 is 13.5 Å². The van der Waals surface area contributed by atoms with E-state index in [0.29, 0.717) is 22.5 Å². The van der Waals surface area contributed by atoms with Crippen molar-refractivity contribution in [1.29, 1.82) is 0 Å². The highest BCUT2D eigenvalue weighted by atomic mass is 19.1. The molecule has 5 nitrogen and oxygen atoms in total. The molecule has 1 heterocycles. The molecule has 0 spiro atoms. The summed E-state index contributed by atoms with van der Waals surface area (Å²) in [5.41, 5.74) is 5.62. The van der Waals surface area contributed by atoms with Crippen molar-refractivity contribution in [2.75, 3.05) is 13.7 Å². The highest BCUT2D eigenvalue weighted by Gasteiger charge is 2.16. The minimum Gasteiger partial charge on any atom is -0.494 e. The number of rotatable bonds is 4. The summed E-state index contributed by atoms with van der Waals surface area (Å²) >= 11 is 0. The van der Waals surface area contributed by atoms with Crippen molar-refractivity contribution in [1.82, 2.24) is 9.55 Å². The standard InChI is InChI=1S/C17H15F2N3O2/c1-24-14-4-2-3-13-16(14)21-15(5-6-20)22(17(13)23)12-8-10(18)7-11(19)9-12/h2-4,7-9H,5-6,20H2,1H3. The molecule has 3 rings (SSSR count). The number of hydrogen-bond acceptors (Lipinski definition) is 4. The molecule has 24 heavy (non-hydrogen) atoms. The second-order valence-electron chi connectivity index (χ2n) is 5.19. The van der Waals surface area contributed by atoms with Gasteiger partial charge in [0.25, 0.3) is 5.56 Å². The van der Waals surface area contributed by atoms with Crippen LogP contribution in [0, 0.1) is 11.6 Å². The molecule has 0 aliphatic carbocycles. The zero-order valence-corrected chi connectivity index (χ0v) is 12.9. The molecule has 0 saturated carbocycles. The maximum absolute atomic E-state index is 13.6. The van der Waals surface area contributed by atoms with Gasteiger partial charge in [0.05, 0.1) is 18.2 Å². The molecule has 0 fully saturated rings. The van der Waals surface area contributed by atoms with Gasteiger partial charge in [-0.1, -0.05) is 6.07 Å². The summed E-state index contributed by atoms with van der Waals surface area (Å²) in [5.74, 6) is -0.799. The van der Waals surface area contributed by atoms with Gasteiger partial charge in [0.2, 0.25) is 0 Å². The van der Waals surface area contributed by atoms with Gasteiger partial charge in [0, 0.05) is 12.5 Å². The van der Waals surface area contributed by atoms with E-state index in [9.17, 15) is 13.6 Å². The van der Waals surface area contributed by atoms with Crippen LogP contribution in [0.15, 0.2) is 41.2 Å². The molecule has 124 valence electrons. The van der Waals surface area contributed by atoms with Gasteiger partial charge in [-0.25, -0.2) is 13.8 Å². The van der Waals surface area contributed by atoms with E-state index in [1.165, 1.54) is 11.7 Å². The summed E-state index contributed by atoms with van der Waals surface area (Å²) < 4.78 is 33.6. The number of hydrogen-bond donors (Lipinski definition) is 1. The van der Waals surface area contributed by atoms with E-state index in [4.69, 9.17) is 10.5 Å². The molecular formula is C17H15F2N3O2. The smallest absolute Gasteiger partial charge is 0.266 e. The first-order chi connectivity index (χ1) is 11.5. The Morgan fingerprint density at radius 2 is 1.92 bits per heavy atom. The molecule has 0 aliphatic heterocycles. The van der Waals surface area contributed by atoms with Gasteiger partial charge in [-0.3, -0.25) is 9.36 Å². The molecule has 0 aliphatic rings. The van der Waals surface area contributed by atoms with Crippen LogP contribution >= 0.6 is 0 Å². The second kappa shape index (κ2) is 6.37. The molecule has 0 atom stereocenters. The highest BCUT2D eigenvalue weighted by Crippen LogP contribution is 2.23. The number of para-hydroxylation sites is 1. The fourth-order valence-corrected chi connectivity index (χ4v) is 2.62. The molecule has 0 saturated heterocycles. The van der Waals surface area contributed by atoms with Crippen molar-refractivity contribution in [3.8, 4) is 11.4 Å². The Kier molecular flexibility index (Phi) is 4.26. The van der Waals surface area contributed by atoms with E-state index in [-0.39, 0.29) is 18.7 Å². The Bertz CT molecular complexity index is 950. The normalized spacial score (nSPS) is 11.0. The first kappa shape index (κ1) is 16.1. The lowest BCUT2D eigenvalue weighted by Gasteiger charge is -2.14. The molecule has 2 N–H and O–H groups in total. The maximum Gasteiger partial charge on any atom is 0.266 e. The van der Waals surface area contributed by atoms with Crippen molar-refractivity contribution in [3.63, 3.8) is 0 Å². The molecule has 7 heteroatoms. The predicted molar refractivity (Wildman–Crippen MR) is 86.6 cm³/mol. The van der Waals surface area contributed by atoms with Crippen LogP contribution in [0.1, 0.15) is 5.82 Å². The van der Waals surface area contributed by atoms with E-state index in [0.717, 1.165) is 18.2 Å². The Morgan fingerprint density at radius 3 is 2.54 bits per heavy atom. The number of aromatic nitrogens is 2. The zero-order chi connectivity index (χ0) is 17.3. The van der Waals surface area contributed by atoms with Gasteiger partial charge in [0.15, 0.2) is 0 Å². The molecule has 1 aromatic heterocycles. The quantitative estimate of drug-likeness (QED) is 0.795. The topological polar surface area (TPSA) is 70.1 Å². The van der Waals surface area contributed by atoms with Gasteiger partial charge in [-0.15, -0.1) is 0 Å². The first-order valence-corrected chi connectivity index (χ1v) is 7.30. The molecule has 2 aromatic carbocycles. The van der Waals surface area contributed by atoms with Crippen LogP contribution in [0.2, 0.25) is 0 Å². The lowest BCUT2D eigenvalue weighted by Crippen LogP contribution is -2.26. The maximum atomic E-state index is 13.6. The minimum absolute atomic E-state index is 0.0677. The van der Waals surface area contributed by atoms with Gasteiger partial charge >= 0.3 is 0 Å². The van der Waals surface area contributed by atoms with Crippen LogP contribution in [0.5, 0.6) is 5.75 Å². The average molecular weight is 331 g/mol. The minimum atomic E-state index is -0.777. The highest BCUT2D eigenvalue weighted by molar-refractivity contribution is 5.84. The van der Waals surface area contributed by atoms with E-state index < -0.39 is 17.2 Å². The van der Waals surface area contributed by atoms with Crippen LogP contribution in [-0.2, 0) is 6.42 Å². The SMILES string of the molecule is COc1cccc2c(=O)n(-c3cc(F)cc(F)c3)c(CCN)nc12. The number of halogens is 2. The fourth-order valence-electron chi connectivity index (χ4n) is 2.62. The third-order valence-corrected chi connectivity index (χ3v) is 3.62. The van der Waals surface area contributed by atoms with Crippen LogP contribution in [0.25, 0.3) is 16.6 Å². The molecule has 0 radical (unpaired) electrons. The van der Waals surface area contributed by atoms with Crippen LogP contribution in [0.4, 0.5) is 8.78 Å². The molecule has 0 amide bonds. The molecule has 0 bridgehead atoms. The van der Waals surface area contributed by atoms with Crippen LogP contribution < -0.4 is 16.0 Å². The van der Waals surface area contributed by atoms with Crippen LogP contribution in [-0.4, -0.2) is 23.2 Å². The van der Waals surface area contributed by atoms with Gasteiger partial charge in [-0.2, -0.15) is 0 Å². The van der Waals surface area contributed by atoms with Crippen molar-refractivity contribution >= 4 is 10.9 Å². The van der Waals surface area contributed by atoms with Gasteiger partial charge in [0.1, 0.15) is 28.7 Å².